The number of aromatic nitrogens is 2. The minimum Gasteiger partial charge on any atom is -0.385 e. The van der Waals surface area contributed by atoms with Crippen molar-refractivity contribution in [3.63, 3.8) is 0 Å². The topological polar surface area (TPSA) is 82.3 Å². The number of nitrogens with zero attached hydrogens (tertiary/aromatic N) is 2. The molecular weight excluding hydrogens is 519 g/mol. The number of amides is 1. The zero-order valence-electron chi connectivity index (χ0n) is 21.8. The van der Waals surface area contributed by atoms with Crippen LogP contribution in [0.25, 0.3) is 28.2 Å². The molecule has 0 saturated carbocycles. The van der Waals surface area contributed by atoms with Crippen LogP contribution in [0.3, 0.4) is 0 Å². The average Bonchev–Trinajstić information content (AvgIpc) is 3.43. The van der Waals surface area contributed by atoms with Crippen molar-refractivity contribution in [3.8, 4) is 11.1 Å². The van der Waals surface area contributed by atoms with E-state index in [0.29, 0.717) is 26.2 Å². The number of benzene rings is 2. The normalized spacial score (nSPS) is 14.6. The van der Waals surface area contributed by atoms with Crippen molar-refractivity contribution >= 4 is 34.4 Å². The summed E-state index contributed by atoms with van der Waals surface area (Å²) in [5, 5.41) is 6.43. The van der Waals surface area contributed by atoms with Gasteiger partial charge in [0.05, 0.1) is 18.8 Å². The van der Waals surface area contributed by atoms with Gasteiger partial charge in [-0.15, -0.1) is 0 Å². The van der Waals surface area contributed by atoms with Gasteiger partial charge in [-0.2, -0.15) is 13.2 Å². The van der Waals surface area contributed by atoms with Gasteiger partial charge in [0.2, 0.25) is 5.91 Å². The fourth-order valence-electron chi connectivity index (χ4n) is 4.64. The van der Waals surface area contributed by atoms with Gasteiger partial charge in [-0.3, -0.25) is 9.69 Å². The smallest absolute Gasteiger partial charge is 0.385 e. The van der Waals surface area contributed by atoms with Crippen molar-refractivity contribution in [1.82, 2.24) is 14.9 Å². The van der Waals surface area contributed by atoms with E-state index in [4.69, 9.17) is 4.74 Å². The van der Waals surface area contributed by atoms with Crippen LogP contribution in [0.1, 0.15) is 17.5 Å². The van der Waals surface area contributed by atoms with E-state index in [1.165, 1.54) is 18.2 Å². The number of hydrogen-bond donors (Lipinski definition) is 3. The monoisotopic (exact) mass is 549 g/mol. The Hall–Kier alpha value is -4.15. The van der Waals surface area contributed by atoms with Crippen molar-refractivity contribution < 1.29 is 22.7 Å². The maximum Gasteiger partial charge on any atom is 0.418 e. The number of aromatic amines is 1. The van der Waals surface area contributed by atoms with Crippen LogP contribution in [0.2, 0.25) is 0 Å². The number of anilines is 2. The van der Waals surface area contributed by atoms with Gasteiger partial charge in [0.1, 0.15) is 5.65 Å². The van der Waals surface area contributed by atoms with Crippen LogP contribution in [0.5, 0.6) is 0 Å². The van der Waals surface area contributed by atoms with Crippen LogP contribution >= 0.6 is 0 Å². The fourth-order valence-corrected chi connectivity index (χ4v) is 4.64. The largest absolute Gasteiger partial charge is 0.418 e. The lowest BCUT2D eigenvalue weighted by Gasteiger charge is -2.26. The second-order valence-corrected chi connectivity index (χ2v) is 9.58. The lowest BCUT2D eigenvalue weighted by molar-refractivity contribution is -0.137. The molecule has 0 bridgehead atoms. The molecule has 3 heterocycles. The molecule has 5 rings (SSSR count). The van der Waals surface area contributed by atoms with Crippen LogP contribution in [0.4, 0.5) is 24.5 Å². The molecule has 0 atom stereocenters. The van der Waals surface area contributed by atoms with E-state index in [1.54, 1.807) is 12.3 Å². The van der Waals surface area contributed by atoms with Crippen LogP contribution in [0, 0.1) is 0 Å². The molecule has 1 fully saturated rings. The second-order valence-electron chi connectivity index (χ2n) is 9.58. The first-order valence-corrected chi connectivity index (χ1v) is 13.1. The van der Waals surface area contributed by atoms with E-state index in [1.807, 2.05) is 42.6 Å². The summed E-state index contributed by atoms with van der Waals surface area (Å²) < 4.78 is 46.7. The summed E-state index contributed by atoms with van der Waals surface area (Å²) in [6, 6.07) is 15.3. The predicted molar refractivity (Wildman–Crippen MR) is 151 cm³/mol. The van der Waals surface area contributed by atoms with Gasteiger partial charge in [0.15, 0.2) is 0 Å². The molecule has 1 amide bonds. The number of pyridine rings is 1. The van der Waals surface area contributed by atoms with Crippen LogP contribution in [0.15, 0.2) is 73.1 Å². The number of carbonyl (C=O) groups is 1. The molecule has 1 aliphatic heterocycles. The summed E-state index contributed by atoms with van der Waals surface area (Å²) in [5.74, 6) is -0.528. The van der Waals surface area contributed by atoms with Gasteiger partial charge in [-0.25, -0.2) is 4.98 Å². The number of fused-ring (bicyclic) bond motifs is 1. The molecule has 0 radical (unpaired) electrons. The number of H-pyrrole nitrogens is 1. The molecule has 0 unspecified atom stereocenters. The highest BCUT2D eigenvalue weighted by Crippen LogP contribution is 2.36. The van der Waals surface area contributed by atoms with Gasteiger partial charge in [0, 0.05) is 60.4 Å². The van der Waals surface area contributed by atoms with E-state index in [2.05, 4.69) is 25.5 Å². The molecular formula is C30H30F3N5O2. The Kier molecular flexibility index (Phi) is 8.47. The standard InChI is InChI=1S/C30H30F3N5O2/c31-30(32,33)26-19-25(6-7-27(26)34-10-2-12-38-13-15-40-16-14-38)37-28(39)8-5-21-3-1-4-22(17-21)24-18-23-9-11-35-29(23)36-20-24/h1,3-9,11,17-20,34H,2,10,12-16H2,(H,35,36)(H,37,39). The zero-order valence-corrected chi connectivity index (χ0v) is 21.8. The first-order chi connectivity index (χ1) is 19.3. The molecule has 2 aromatic heterocycles. The molecule has 40 heavy (non-hydrogen) atoms. The lowest BCUT2D eigenvalue weighted by Crippen LogP contribution is -2.37. The van der Waals surface area contributed by atoms with Gasteiger partial charge in [0.25, 0.3) is 0 Å². The van der Waals surface area contributed by atoms with Crippen molar-refractivity contribution in [1.29, 1.82) is 0 Å². The number of hydrogen-bond acceptors (Lipinski definition) is 5. The molecule has 3 N–H and O–H groups in total. The minimum absolute atomic E-state index is 0.00727. The Labute approximate surface area is 230 Å². The third-order valence-corrected chi connectivity index (χ3v) is 6.71. The summed E-state index contributed by atoms with van der Waals surface area (Å²) in [4.78, 5) is 22.2. The number of alkyl halides is 3. The SMILES string of the molecule is O=C(C=Cc1cccc(-c2cnc3[nH]ccc3c2)c1)Nc1ccc(NCCCN2CCOCC2)c(C(F)(F)F)c1. The van der Waals surface area contributed by atoms with Crippen LogP contribution in [-0.4, -0.2) is 60.2 Å². The molecule has 2 aromatic carbocycles. The van der Waals surface area contributed by atoms with Crippen molar-refractivity contribution in [2.45, 2.75) is 12.6 Å². The Morgan fingerprint density at radius 2 is 1.93 bits per heavy atom. The second kappa shape index (κ2) is 12.4. The van der Waals surface area contributed by atoms with E-state index in [0.717, 1.165) is 53.4 Å². The number of nitrogens with one attached hydrogen (secondary N) is 3. The lowest BCUT2D eigenvalue weighted by atomic mass is 10.0. The molecule has 1 saturated heterocycles. The number of carbonyl (C=O) groups excluding carboxylic acids is 1. The van der Waals surface area contributed by atoms with Crippen LogP contribution < -0.4 is 10.6 Å². The van der Waals surface area contributed by atoms with E-state index < -0.39 is 17.6 Å². The fraction of sp³-hybridized carbons (Fsp3) is 0.267. The summed E-state index contributed by atoms with van der Waals surface area (Å²) in [5.41, 5.74) is 2.68. The maximum atomic E-state index is 13.8. The first kappa shape index (κ1) is 27.4. The highest BCUT2D eigenvalue weighted by atomic mass is 19.4. The number of rotatable bonds is 9. The highest BCUT2D eigenvalue weighted by Gasteiger charge is 2.34. The molecule has 1 aliphatic rings. The Morgan fingerprint density at radius 3 is 2.75 bits per heavy atom. The zero-order chi connectivity index (χ0) is 28.0. The van der Waals surface area contributed by atoms with Crippen molar-refractivity contribution in [2.75, 3.05) is 50.0 Å². The van der Waals surface area contributed by atoms with E-state index in [-0.39, 0.29) is 11.4 Å². The first-order valence-electron chi connectivity index (χ1n) is 13.1. The van der Waals surface area contributed by atoms with E-state index in [9.17, 15) is 18.0 Å². The van der Waals surface area contributed by atoms with Gasteiger partial charge in [-0.1, -0.05) is 18.2 Å². The summed E-state index contributed by atoms with van der Waals surface area (Å²) in [7, 11) is 0. The van der Waals surface area contributed by atoms with Gasteiger partial charge in [-0.05, 0) is 66.6 Å². The molecule has 4 aromatic rings. The molecule has 0 aliphatic carbocycles. The third-order valence-electron chi connectivity index (χ3n) is 6.71. The number of ether oxygens (including phenoxy) is 1. The van der Waals surface area contributed by atoms with Crippen molar-refractivity contribution in [3.05, 3.63) is 84.2 Å². The van der Waals surface area contributed by atoms with Crippen LogP contribution in [-0.2, 0) is 15.7 Å². The summed E-state index contributed by atoms with van der Waals surface area (Å²) >= 11 is 0. The minimum atomic E-state index is -4.57. The highest BCUT2D eigenvalue weighted by molar-refractivity contribution is 6.02. The summed E-state index contributed by atoms with van der Waals surface area (Å²) in [6.45, 7) is 4.24. The average molecular weight is 550 g/mol. The van der Waals surface area contributed by atoms with Gasteiger partial charge >= 0.3 is 6.18 Å². The quantitative estimate of drug-likeness (QED) is 0.175. The number of morpholine rings is 1. The third kappa shape index (κ3) is 7.08. The van der Waals surface area contributed by atoms with E-state index >= 15 is 0 Å². The summed E-state index contributed by atoms with van der Waals surface area (Å²) in [6.07, 6.45) is 2.67. The van der Waals surface area contributed by atoms with Crippen molar-refractivity contribution in [2.24, 2.45) is 0 Å². The molecule has 7 nitrogen and oxygen atoms in total. The predicted octanol–water partition coefficient (Wildman–Crippen LogP) is 6.03. The maximum absolute atomic E-state index is 13.8. The molecule has 0 spiro atoms. The Balaban J connectivity index is 1.21. The molecule has 208 valence electrons. The Bertz CT molecular complexity index is 1490. The number of halogens is 3. The molecule has 10 heteroatoms. The Morgan fingerprint density at radius 1 is 1.07 bits per heavy atom. The van der Waals surface area contributed by atoms with Gasteiger partial charge < -0.3 is 20.4 Å².